The van der Waals surface area contributed by atoms with Crippen molar-refractivity contribution in [2.75, 3.05) is 23.4 Å². The Hall–Kier alpha value is -4.71. The highest BCUT2D eigenvalue weighted by atomic mass is 32.1. The number of rotatable bonds is 10. The van der Waals surface area contributed by atoms with Crippen LogP contribution in [0.15, 0.2) is 60.8 Å². The number of aryl methyl sites for hydroxylation is 1. The number of pyridine rings is 1. The number of ketones is 1. The Kier molecular flexibility index (Phi) is 8.80. The van der Waals surface area contributed by atoms with E-state index in [2.05, 4.69) is 25.7 Å². The molecule has 5 N–H and O–H groups in total. The lowest BCUT2D eigenvalue weighted by molar-refractivity contribution is -0.114. The fourth-order valence-electron chi connectivity index (χ4n) is 5.23. The molecule has 0 bridgehead atoms. The highest BCUT2D eigenvalue weighted by Crippen LogP contribution is 2.59. The Morgan fingerprint density at radius 3 is 2.50 bits per heavy atom. The number of aliphatic hydroxyl groups excluding tert-OH is 1. The first kappa shape index (κ1) is 33.2. The van der Waals surface area contributed by atoms with Crippen molar-refractivity contribution in [3.8, 4) is 22.6 Å². The van der Waals surface area contributed by atoms with E-state index >= 15 is 4.39 Å². The van der Waals surface area contributed by atoms with Crippen molar-refractivity contribution in [1.82, 2.24) is 25.2 Å². The number of thiocarbonyl (C=S) groups is 1. The summed E-state index contributed by atoms with van der Waals surface area (Å²) in [6.45, 7) is -0.0462. The van der Waals surface area contributed by atoms with Crippen molar-refractivity contribution in [1.29, 1.82) is 0 Å². The topological polar surface area (TPSA) is 222 Å². The molecule has 1 saturated carbocycles. The lowest BCUT2D eigenvalue weighted by atomic mass is 10.0. The first-order valence-corrected chi connectivity index (χ1v) is 16.3. The maximum Gasteiger partial charge on any atom is 0.414 e. The molecule has 4 atom stereocenters. The number of ether oxygens (including phenoxy) is 2. The summed E-state index contributed by atoms with van der Waals surface area (Å²) >= 11 is 5.21. The number of aliphatic hydroxyl groups is 2. The van der Waals surface area contributed by atoms with Gasteiger partial charge in [-0.3, -0.25) is 19.2 Å². The third-order valence-electron chi connectivity index (χ3n) is 7.82. The van der Waals surface area contributed by atoms with E-state index in [4.69, 9.17) is 21.7 Å². The molecule has 1 amide bonds. The summed E-state index contributed by atoms with van der Waals surface area (Å²) in [7, 11) is -3.55. The molecule has 1 aliphatic carbocycles. The number of nitrogens with zero attached hydrogens (tertiary/aromatic N) is 6. The van der Waals surface area contributed by atoms with Crippen LogP contribution in [0.5, 0.6) is 0 Å². The summed E-state index contributed by atoms with van der Waals surface area (Å²) in [6, 6.07) is 13.6. The zero-order chi connectivity index (χ0) is 34.4. The monoisotopic (exact) mass is 699 g/mol. The molecular formula is C29H27FN7O9PS. The van der Waals surface area contributed by atoms with Gasteiger partial charge in [-0.05, 0) is 59.4 Å². The molecule has 1 saturated heterocycles. The van der Waals surface area contributed by atoms with Gasteiger partial charge in [0.2, 0.25) is 5.82 Å². The Labute approximate surface area is 276 Å². The molecule has 48 heavy (non-hydrogen) atoms. The normalized spacial score (nSPS) is 20.3. The van der Waals surface area contributed by atoms with Crippen LogP contribution in [-0.2, 0) is 32.3 Å². The number of anilines is 2. The van der Waals surface area contributed by atoms with Gasteiger partial charge in [-0.1, -0.05) is 18.2 Å². The van der Waals surface area contributed by atoms with Gasteiger partial charge in [0.1, 0.15) is 24.2 Å². The van der Waals surface area contributed by atoms with Crippen LogP contribution in [0.3, 0.4) is 0 Å². The molecule has 4 aromatic rings. The van der Waals surface area contributed by atoms with Gasteiger partial charge in [-0.25, -0.2) is 9.18 Å². The minimum Gasteiger partial charge on any atom is -0.467 e. The molecule has 250 valence electrons. The Morgan fingerprint density at radius 1 is 1.19 bits per heavy atom. The van der Waals surface area contributed by atoms with E-state index in [9.17, 15) is 34.2 Å². The summed E-state index contributed by atoms with van der Waals surface area (Å²) in [6.07, 6.45) is -2.13. The van der Waals surface area contributed by atoms with Gasteiger partial charge in [-0.2, -0.15) is 4.80 Å². The number of tetrazole rings is 1. The second-order valence-corrected chi connectivity index (χ2v) is 13.4. The average molecular weight is 700 g/mol. The molecule has 3 unspecified atom stereocenters. The summed E-state index contributed by atoms with van der Waals surface area (Å²) < 4.78 is 38.0. The third-order valence-corrected chi connectivity index (χ3v) is 9.49. The molecule has 16 nitrogen and oxygen atoms in total. The Bertz CT molecular complexity index is 1940. The van der Waals surface area contributed by atoms with E-state index < -0.39 is 55.2 Å². The molecule has 3 heterocycles. The van der Waals surface area contributed by atoms with Crippen LogP contribution in [0.2, 0.25) is 0 Å². The van der Waals surface area contributed by atoms with Crippen molar-refractivity contribution in [3.05, 3.63) is 72.2 Å². The number of carbonyl (C=O) groups is 2. The average Bonchev–Trinajstić information content (AvgIpc) is 3.33. The third kappa shape index (κ3) is 6.66. The zero-order valence-electron chi connectivity index (χ0n) is 24.9. The number of amides is 1. The molecule has 1 aliphatic heterocycles. The van der Waals surface area contributed by atoms with Crippen LogP contribution < -0.4 is 10.2 Å². The maximum absolute atomic E-state index is 15.2. The van der Waals surface area contributed by atoms with Gasteiger partial charge in [-0.15, -0.1) is 10.2 Å². The number of carbonyl (C=O) groups excluding carboxylic acids is 2. The number of benzene rings is 2. The SMILES string of the molecule is Cn1nnc(-c2ccc(-c3ccc(N4C[C@H](COC(=S)Nc5ccc(CC(O)(C6C(=O)C6O)P(=O)(O)O)cc5)OC4=O)cc3F)cn2)n1. The standard InChI is InChI=1S/C29H27FN7O9PS/c1-36-34-26(33-35-36)22-9-4-16(12-31-22)20-8-7-18(10-21(20)30)37-13-19(46-28(37)40)14-45-27(48)32-17-5-2-15(3-6-17)11-29(41,47(42,43)44)23-24(38)25(23)39/h2-10,12,19,23-24,38,41H,11,13-14H2,1H3,(H,32,48)(H2,42,43,44)/t19-,23?,24?,29?/m1/s1. The van der Waals surface area contributed by atoms with Crippen LogP contribution in [0.1, 0.15) is 5.56 Å². The zero-order valence-corrected chi connectivity index (χ0v) is 26.6. The molecule has 2 aromatic heterocycles. The maximum atomic E-state index is 15.2. The first-order valence-electron chi connectivity index (χ1n) is 14.2. The van der Waals surface area contributed by atoms with Crippen molar-refractivity contribution in [2.45, 2.75) is 24.0 Å². The molecule has 19 heteroatoms. The number of hydrogen-bond donors (Lipinski definition) is 5. The fourth-order valence-corrected chi connectivity index (χ4v) is 6.43. The second kappa shape index (κ2) is 12.7. The van der Waals surface area contributed by atoms with Crippen LogP contribution in [0.25, 0.3) is 22.6 Å². The van der Waals surface area contributed by atoms with Crippen LogP contribution in [0.4, 0.5) is 20.6 Å². The Balaban J connectivity index is 1.01. The van der Waals surface area contributed by atoms with Crippen molar-refractivity contribution >= 4 is 48.2 Å². The lowest BCUT2D eigenvalue weighted by Gasteiger charge is -2.28. The van der Waals surface area contributed by atoms with Gasteiger partial charge in [0.25, 0.3) is 5.17 Å². The number of aromatic nitrogens is 5. The van der Waals surface area contributed by atoms with Crippen LogP contribution in [0, 0.1) is 11.7 Å². The van der Waals surface area contributed by atoms with Crippen molar-refractivity contribution in [2.24, 2.45) is 13.0 Å². The highest BCUT2D eigenvalue weighted by molar-refractivity contribution is 7.80. The summed E-state index contributed by atoms with van der Waals surface area (Å²) in [5.41, 5.74) is 2.26. The molecule has 2 aliphatic rings. The van der Waals surface area contributed by atoms with E-state index in [1.807, 2.05) is 0 Å². The summed E-state index contributed by atoms with van der Waals surface area (Å²) in [5.74, 6) is -2.65. The minimum atomic E-state index is -5.18. The number of Topliss-reactive ketones (excluding diaryl/α,β-unsaturated/α-hetero) is 1. The van der Waals surface area contributed by atoms with E-state index in [1.54, 1.807) is 25.2 Å². The second-order valence-electron chi connectivity index (χ2n) is 11.2. The molecule has 6 rings (SSSR count). The molecule has 0 radical (unpaired) electrons. The number of cyclic esters (lactones) is 1. The van der Waals surface area contributed by atoms with E-state index in [1.165, 1.54) is 52.3 Å². The number of hydrogen-bond acceptors (Lipinski definition) is 12. The van der Waals surface area contributed by atoms with Gasteiger partial charge < -0.3 is 34.8 Å². The molecule has 0 spiro atoms. The molecule has 2 fully saturated rings. The van der Waals surface area contributed by atoms with E-state index in [-0.39, 0.29) is 35.1 Å². The quantitative estimate of drug-likeness (QED) is 0.118. The smallest absolute Gasteiger partial charge is 0.414 e. The lowest BCUT2D eigenvalue weighted by Crippen LogP contribution is -2.36. The van der Waals surface area contributed by atoms with Crippen LogP contribution in [-0.4, -0.2) is 92.9 Å². The predicted octanol–water partition coefficient (Wildman–Crippen LogP) is 1.79. The van der Waals surface area contributed by atoms with E-state index in [0.29, 0.717) is 22.8 Å². The Morgan fingerprint density at radius 2 is 1.92 bits per heavy atom. The fraction of sp³-hybridized carbons (Fsp3) is 0.276. The number of halogens is 1. The van der Waals surface area contributed by atoms with Gasteiger partial charge in [0.05, 0.1) is 25.2 Å². The van der Waals surface area contributed by atoms with E-state index in [0.717, 1.165) is 0 Å². The van der Waals surface area contributed by atoms with Crippen molar-refractivity contribution < 1.29 is 48.0 Å². The highest BCUT2D eigenvalue weighted by Gasteiger charge is 2.67. The first-order chi connectivity index (χ1) is 22.7. The summed E-state index contributed by atoms with van der Waals surface area (Å²) in [4.78, 5) is 50.4. The minimum absolute atomic E-state index is 0.0664. The van der Waals surface area contributed by atoms with Crippen LogP contribution >= 0.6 is 19.8 Å². The van der Waals surface area contributed by atoms with Gasteiger partial charge >= 0.3 is 13.7 Å². The van der Waals surface area contributed by atoms with Gasteiger partial charge in [0, 0.05) is 29.4 Å². The largest absolute Gasteiger partial charge is 0.467 e. The van der Waals surface area contributed by atoms with Crippen molar-refractivity contribution in [3.63, 3.8) is 0 Å². The summed E-state index contributed by atoms with van der Waals surface area (Å²) in [5, 5.41) is 32.0. The number of nitrogens with one attached hydrogen (secondary N) is 1. The molecular weight excluding hydrogens is 672 g/mol. The molecule has 2 aromatic carbocycles. The predicted molar refractivity (Wildman–Crippen MR) is 169 cm³/mol. The van der Waals surface area contributed by atoms with Gasteiger partial charge in [0.15, 0.2) is 17.2 Å².